The van der Waals surface area contributed by atoms with E-state index in [2.05, 4.69) is 10.6 Å². The number of carbonyl (C=O) groups excluding carboxylic acids is 1. The van der Waals surface area contributed by atoms with E-state index in [4.69, 9.17) is 18.9 Å². The second kappa shape index (κ2) is 8.11. The topological polar surface area (TPSA) is 78.1 Å². The van der Waals surface area contributed by atoms with Crippen LogP contribution < -0.4 is 24.8 Å². The normalized spacial score (nSPS) is 9.80. The summed E-state index contributed by atoms with van der Waals surface area (Å²) in [5, 5.41) is 5.33. The van der Waals surface area contributed by atoms with Crippen molar-refractivity contribution in [3.8, 4) is 17.2 Å². The van der Waals surface area contributed by atoms with Crippen LogP contribution in [-0.2, 0) is 4.74 Å². The molecule has 112 valence electrons. The summed E-state index contributed by atoms with van der Waals surface area (Å²) in [6.45, 7) is 0.870. The van der Waals surface area contributed by atoms with Crippen molar-refractivity contribution in [2.24, 2.45) is 0 Å². The molecule has 0 fully saturated rings. The highest BCUT2D eigenvalue weighted by molar-refractivity contribution is 5.90. The summed E-state index contributed by atoms with van der Waals surface area (Å²) in [6, 6.07) is 2.96. The highest BCUT2D eigenvalue weighted by Gasteiger charge is 2.14. The summed E-state index contributed by atoms with van der Waals surface area (Å²) in [7, 11) is 6.11. The molecule has 0 radical (unpaired) electrons. The first-order valence-electron chi connectivity index (χ1n) is 6.00. The summed E-state index contributed by atoms with van der Waals surface area (Å²) >= 11 is 0. The van der Waals surface area contributed by atoms with Gasteiger partial charge in [0.2, 0.25) is 5.75 Å². The van der Waals surface area contributed by atoms with Gasteiger partial charge in [0, 0.05) is 25.8 Å². The zero-order chi connectivity index (χ0) is 15.0. The standard InChI is InChI=1S/C13H20N2O5/c1-17-6-5-14-13(16)15-9-7-10(18-2)12(20-4)11(8-9)19-3/h7-8H,5-6H2,1-4H3,(H2,14,15,16). The number of carbonyl (C=O) groups is 1. The third kappa shape index (κ3) is 4.20. The van der Waals surface area contributed by atoms with Crippen LogP contribution >= 0.6 is 0 Å². The van der Waals surface area contributed by atoms with E-state index in [1.54, 1.807) is 19.2 Å². The number of hydrogen-bond donors (Lipinski definition) is 2. The lowest BCUT2D eigenvalue weighted by atomic mass is 10.2. The number of methoxy groups -OCH3 is 4. The summed E-state index contributed by atoms with van der Waals surface area (Å²) in [5.41, 5.74) is 0.536. The van der Waals surface area contributed by atoms with Crippen LogP contribution in [0.25, 0.3) is 0 Å². The van der Waals surface area contributed by atoms with Crippen molar-refractivity contribution in [1.29, 1.82) is 0 Å². The number of urea groups is 1. The highest BCUT2D eigenvalue weighted by Crippen LogP contribution is 2.39. The smallest absolute Gasteiger partial charge is 0.319 e. The van der Waals surface area contributed by atoms with E-state index in [0.717, 1.165) is 0 Å². The summed E-state index contributed by atoms with van der Waals surface area (Å²) in [6.07, 6.45) is 0. The van der Waals surface area contributed by atoms with Gasteiger partial charge in [-0.25, -0.2) is 4.79 Å². The van der Waals surface area contributed by atoms with E-state index in [0.29, 0.717) is 36.1 Å². The fourth-order valence-electron chi connectivity index (χ4n) is 1.60. The third-order valence-corrected chi connectivity index (χ3v) is 2.51. The van der Waals surface area contributed by atoms with E-state index in [9.17, 15) is 4.79 Å². The van der Waals surface area contributed by atoms with Gasteiger partial charge in [-0.05, 0) is 0 Å². The predicted octanol–water partition coefficient (Wildman–Crippen LogP) is 1.48. The van der Waals surface area contributed by atoms with Crippen LogP contribution in [0.2, 0.25) is 0 Å². The molecule has 0 atom stereocenters. The van der Waals surface area contributed by atoms with Gasteiger partial charge >= 0.3 is 6.03 Å². The first-order valence-corrected chi connectivity index (χ1v) is 6.00. The van der Waals surface area contributed by atoms with Crippen molar-refractivity contribution < 1.29 is 23.7 Å². The van der Waals surface area contributed by atoms with E-state index in [-0.39, 0.29) is 6.03 Å². The Kier molecular flexibility index (Phi) is 6.45. The fraction of sp³-hybridized carbons (Fsp3) is 0.462. The number of nitrogens with one attached hydrogen (secondary N) is 2. The maximum Gasteiger partial charge on any atom is 0.319 e. The zero-order valence-corrected chi connectivity index (χ0v) is 12.1. The first kappa shape index (κ1) is 15.9. The molecule has 0 aliphatic carbocycles. The monoisotopic (exact) mass is 284 g/mol. The van der Waals surface area contributed by atoms with E-state index in [1.165, 1.54) is 21.3 Å². The van der Waals surface area contributed by atoms with Crippen LogP contribution in [-0.4, -0.2) is 47.6 Å². The molecule has 0 spiro atoms. The molecule has 7 heteroatoms. The molecule has 0 heterocycles. The molecule has 0 aliphatic heterocycles. The predicted molar refractivity (Wildman–Crippen MR) is 75.0 cm³/mol. The largest absolute Gasteiger partial charge is 0.493 e. The number of benzene rings is 1. The van der Waals surface area contributed by atoms with Crippen LogP contribution in [0, 0.1) is 0 Å². The van der Waals surface area contributed by atoms with Gasteiger partial charge in [0.05, 0.1) is 33.6 Å². The average molecular weight is 284 g/mol. The van der Waals surface area contributed by atoms with Crippen molar-refractivity contribution in [3.05, 3.63) is 12.1 Å². The van der Waals surface area contributed by atoms with Gasteiger partial charge in [0.15, 0.2) is 11.5 Å². The van der Waals surface area contributed by atoms with Crippen LogP contribution in [0.15, 0.2) is 12.1 Å². The minimum Gasteiger partial charge on any atom is -0.493 e. The Morgan fingerprint density at radius 3 is 2.10 bits per heavy atom. The van der Waals surface area contributed by atoms with Crippen LogP contribution in [0.5, 0.6) is 17.2 Å². The first-order chi connectivity index (χ1) is 9.65. The molecule has 2 N–H and O–H groups in total. The van der Waals surface area contributed by atoms with Gasteiger partial charge in [0.1, 0.15) is 0 Å². The van der Waals surface area contributed by atoms with Gasteiger partial charge in [-0.15, -0.1) is 0 Å². The zero-order valence-electron chi connectivity index (χ0n) is 12.1. The van der Waals surface area contributed by atoms with Gasteiger partial charge < -0.3 is 29.6 Å². The lowest BCUT2D eigenvalue weighted by Crippen LogP contribution is -2.31. The van der Waals surface area contributed by atoms with Crippen molar-refractivity contribution in [2.75, 3.05) is 46.9 Å². The van der Waals surface area contributed by atoms with E-state index < -0.39 is 0 Å². The maximum atomic E-state index is 11.7. The molecule has 0 saturated carbocycles. The summed E-state index contributed by atoms with van der Waals surface area (Å²) in [5.74, 6) is 1.42. The Hall–Kier alpha value is -2.15. The van der Waals surface area contributed by atoms with Crippen LogP contribution in [0.3, 0.4) is 0 Å². The molecule has 7 nitrogen and oxygen atoms in total. The third-order valence-electron chi connectivity index (χ3n) is 2.51. The molecular formula is C13H20N2O5. The number of amides is 2. The van der Waals surface area contributed by atoms with Gasteiger partial charge in [-0.3, -0.25) is 0 Å². The Morgan fingerprint density at radius 1 is 1.05 bits per heavy atom. The lowest BCUT2D eigenvalue weighted by Gasteiger charge is -2.14. The van der Waals surface area contributed by atoms with E-state index in [1.807, 2.05) is 0 Å². The molecule has 1 aromatic rings. The highest BCUT2D eigenvalue weighted by atomic mass is 16.5. The SMILES string of the molecule is COCCNC(=O)Nc1cc(OC)c(OC)c(OC)c1. The second-order valence-electron chi connectivity index (χ2n) is 3.79. The molecular weight excluding hydrogens is 264 g/mol. The van der Waals surface area contributed by atoms with Gasteiger partial charge in [0.25, 0.3) is 0 Å². The van der Waals surface area contributed by atoms with Crippen molar-refractivity contribution >= 4 is 11.7 Å². The fourth-order valence-corrected chi connectivity index (χ4v) is 1.60. The number of rotatable bonds is 7. The Labute approximate surface area is 118 Å². The number of anilines is 1. The maximum absolute atomic E-state index is 11.7. The van der Waals surface area contributed by atoms with Gasteiger partial charge in [-0.2, -0.15) is 0 Å². The van der Waals surface area contributed by atoms with E-state index >= 15 is 0 Å². The molecule has 1 aromatic carbocycles. The molecule has 20 heavy (non-hydrogen) atoms. The Morgan fingerprint density at radius 2 is 1.65 bits per heavy atom. The average Bonchev–Trinajstić information content (AvgIpc) is 2.46. The van der Waals surface area contributed by atoms with Crippen molar-refractivity contribution in [3.63, 3.8) is 0 Å². The Bertz CT molecular complexity index is 425. The molecule has 0 unspecified atom stereocenters. The Balaban J connectivity index is 2.82. The minimum absolute atomic E-state index is 0.337. The van der Waals surface area contributed by atoms with Crippen LogP contribution in [0.1, 0.15) is 0 Å². The molecule has 0 aliphatic rings. The summed E-state index contributed by atoms with van der Waals surface area (Å²) in [4.78, 5) is 11.7. The number of hydrogen-bond acceptors (Lipinski definition) is 5. The second-order valence-corrected chi connectivity index (χ2v) is 3.79. The van der Waals surface area contributed by atoms with Crippen molar-refractivity contribution in [2.45, 2.75) is 0 Å². The van der Waals surface area contributed by atoms with Crippen molar-refractivity contribution in [1.82, 2.24) is 5.32 Å². The molecule has 0 saturated heterocycles. The lowest BCUT2D eigenvalue weighted by molar-refractivity contribution is 0.198. The molecule has 1 rings (SSSR count). The summed E-state index contributed by atoms with van der Waals surface area (Å²) < 4.78 is 20.5. The van der Waals surface area contributed by atoms with Gasteiger partial charge in [-0.1, -0.05) is 0 Å². The quantitative estimate of drug-likeness (QED) is 0.742. The molecule has 0 bridgehead atoms. The van der Waals surface area contributed by atoms with Crippen LogP contribution in [0.4, 0.5) is 10.5 Å². The molecule has 2 amide bonds. The molecule has 0 aromatic heterocycles. The number of ether oxygens (including phenoxy) is 4. The minimum atomic E-state index is -0.337.